The number of carbonyl (C=O) groups excluding carboxylic acids is 2. The molecule has 10 heteroatoms. The zero-order valence-corrected chi connectivity index (χ0v) is 15.5. The van der Waals surface area contributed by atoms with Gasteiger partial charge in [0.05, 0.1) is 22.3 Å². The first-order chi connectivity index (χ1) is 12.8. The van der Waals surface area contributed by atoms with Crippen LogP contribution in [-0.4, -0.2) is 32.6 Å². The van der Waals surface area contributed by atoms with Crippen LogP contribution in [0.25, 0.3) is 17.4 Å². The van der Waals surface area contributed by atoms with Crippen molar-refractivity contribution in [2.24, 2.45) is 0 Å². The summed E-state index contributed by atoms with van der Waals surface area (Å²) in [7, 11) is 0. The van der Waals surface area contributed by atoms with Crippen LogP contribution in [0, 0.1) is 17.0 Å². The van der Waals surface area contributed by atoms with E-state index in [-0.39, 0.29) is 14.9 Å². The van der Waals surface area contributed by atoms with Crippen molar-refractivity contribution in [3.63, 3.8) is 0 Å². The maximum atomic E-state index is 12.2. The summed E-state index contributed by atoms with van der Waals surface area (Å²) in [6.45, 7) is 1.03. The number of carboxylic acid groups (broad SMARTS) is 1. The van der Waals surface area contributed by atoms with Crippen molar-refractivity contribution in [3.8, 4) is 11.3 Å². The standard InChI is InChI=1S/C17H12N2O6S2/c1-9-6-10(2-4-12(9)19(23)24)13-5-3-11(25-13)7-14-16(22)18(8-15(20)21)17(26)27-14/h2-7H,8H2,1H3,(H,20,21)/p-1/b14-7+. The molecule has 3 rings (SSSR count). The highest BCUT2D eigenvalue weighted by atomic mass is 32.2. The number of aliphatic carboxylic acids is 1. The Morgan fingerprint density at radius 3 is 2.74 bits per heavy atom. The number of aryl methyl sites for hydroxylation is 1. The molecule has 1 aliphatic heterocycles. The molecule has 0 radical (unpaired) electrons. The molecule has 1 saturated heterocycles. The fourth-order valence-electron chi connectivity index (χ4n) is 2.49. The van der Waals surface area contributed by atoms with Crippen molar-refractivity contribution < 1.29 is 24.0 Å². The summed E-state index contributed by atoms with van der Waals surface area (Å²) >= 11 is 5.98. The van der Waals surface area contributed by atoms with E-state index in [1.807, 2.05) is 0 Å². The van der Waals surface area contributed by atoms with Gasteiger partial charge in [-0.2, -0.15) is 0 Å². The Bertz CT molecular complexity index is 1010. The van der Waals surface area contributed by atoms with E-state index >= 15 is 0 Å². The molecule has 0 unspecified atom stereocenters. The monoisotopic (exact) mass is 403 g/mol. The highest BCUT2D eigenvalue weighted by Gasteiger charge is 2.32. The summed E-state index contributed by atoms with van der Waals surface area (Å²) < 4.78 is 5.82. The van der Waals surface area contributed by atoms with Gasteiger partial charge in [-0.25, -0.2) is 0 Å². The number of nitro groups is 1. The molecule has 27 heavy (non-hydrogen) atoms. The number of thiocarbonyl (C=S) groups is 1. The molecule has 0 atom stereocenters. The van der Waals surface area contributed by atoms with Gasteiger partial charge in [-0.1, -0.05) is 24.0 Å². The van der Waals surface area contributed by atoms with Gasteiger partial charge in [-0.05, 0) is 31.2 Å². The van der Waals surface area contributed by atoms with E-state index in [9.17, 15) is 24.8 Å². The molecule has 1 aromatic heterocycles. The average molecular weight is 403 g/mol. The van der Waals surface area contributed by atoms with Crippen LogP contribution in [0.15, 0.2) is 39.7 Å². The van der Waals surface area contributed by atoms with Crippen LogP contribution in [0.5, 0.6) is 0 Å². The molecule has 0 saturated carbocycles. The third-order valence-electron chi connectivity index (χ3n) is 3.74. The van der Waals surface area contributed by atoms with Crippen molar-refractivity contribution in [3.05, 3.63) is 56.7 Å². The van der Waals surface area contributed by atoms with Crippen LogP contribution in [-0.2, 0) is 9.59 Å². The van der Waals surface area contributed by atoms with E-state index in [0.717, 1.165) is 16.7 Å². The Morgan fingerprint density at radius 2 is 2.11 bits per heavy atom. The number of hydrogen-bond acceptors (Lipinski definition) is 8. The van der Waals surface area contributed by atoms with Gasteiger partial charge in [0.1, 0.15) is 15.8 Å². The van der Waals surface area contributed by atoms with Crippen molar-refractivity contribution in [2.45, 2.75) is 6.92 Å². The summed E-state index contributed by atoms with van der Waals surface area (Å²) in [5, 5.41) is 21.6. The van der Waals surface area contributed by atoms with Crippen molar-refractivity contribution in [1.29, 1.82) is 0 Å². The molecular weight excluding hydrogens is 392 g/mol. The fraction of sp³-hybridized carbons (Fsp3) is 0.118. The average Bonchev–Trinajstić information content (AvgIpc) is 3.15. The number of thioether (sulfide) groups is 1. The number of rotatable bonds is 5. The lowest BCUT2D eigenvalue weighted by Gasteiger charge is -2.14. The van der Waals surface area contributed by atoms with E-state index in [4.69, 9.17) is 16.6 Å². The number of carboxylic acids is 1. The second-order valence-electron chi connectivity index (χ2n) is 5.60. The fourth-order valence-corrected chi connectivity index (χ4v) is 3.73. The second-order valence-corrected chi connectivity index (χ2v) is 7.28. The lowest BCUT2D eigenvalue weighted by molar-refractivity contribution is -0.385. The third-order valence-corrected chi connectivity index (χ3v) is 5.12. The van der Waals surface area contributed by atoms with E-state index in [1.165, 1.54) is 12.1 Å². The molecule has 0 N–H and O–H groups in total. The van der Waals surface area contributed by atoms with Gasteiger partial charge in [0.2, 0.25) is 0 Å². The maximum Gasteiger partial charge on any atom is 0.272 e. The van der Waals surface area contributed by atoms with Crippen molar-refractivity contribution >= 4 is 51.9 Å². The van der Waals surface area contributed by atoms with Gasteiger partial charge in [0.15, 0.2) is 0 Å². The predicted octanol–water partition coefficient (Wildman–Crippen LogP) is 2.11. The van der Waals surface area contributed by atoms with Crippen LogP contribution < -0.4 is 5.11 Å². The minimum absolute atomic E-state index is 0.0159. The normalized spacial score (nSPS) is 15.6. The zero-order valence-electron chi connectivity index (χ0n) is 13.8. The molecule has 0 bridgehead atoms. The van der Waals surface area contributed by atoms with Gasteiger partial charge in [0, 0.05) is 23.3 Å². The van der Waals surface area contributed by atoms with Crippen molar-refractivity contribution in [1.82, 2.24) is 4.90 Å². The third kappa shape index (κ3) is 3.91. The largest absolute Gasteiger partial charge is 0.548 e. The molecule has 0 spiro atoms. The maximum absolute atomic E-state index is 12.2. The lowest BCUT2D eigenvalue weighted by Crippen LogP contribution is -2.40. The van der Waals surface area contributed by atoms with Crippen LogP contribution in [0.1, 0.15) is 11.3 Å². The Morgan fingerprint density at radius 1 is 1.37 bits per heavy atom. The van der Waals surface area contributed by atoms with Gasteiger partial charge in [-0.3, -0.25) is 19.8 Å². The van der Waals surface area contributed by atoms with Crippen molar-refractivity contribution in [2.75, 3.05) is 6.54 Å². The van der Waals surface area contributed by atoms with Crippen LogP contribution in [0.4, 0.5) is 5.69 Å². The number of hydrogen-bond donors (Lipinski definition) is 0. The number of benzene rings is 1. The molecule has 2 heterocycles. The SMILES string of the molecule is Cc1cc(-c2ccc(/C=C3/SC(=S)N(CC(=O)[O-])C3=O)o2)ccc1[N+](=O)[O-]. The Balaban J connectivity index is 1.84. The molecule has 1 aliphatic rings. The first-order valence-corrected chi connectivity index (χ1v) is 8.79. The van der Waals surface area contributed by atoms with E-state index < -0.39 is 23.3 Å². The number of amides is 1. The first-order valence-electron chi connectivity index (χ1n) is 7.56. The lowest BCUT2D eigenvalue weighted by atomic mass is 10.1. The summed E-state index contributed by atoms with van der Waals surface area (Å²) in [5.74, 6) is -1.08. The molecular formula is C17H11N2O6S2-. The van der Waals surface area contributed by atoms with Crippen LogP contribution >= 0.6 is 24.0 Å². The zero-order chi connectivity index (χ0) is 19.7. The molecule has 0 aliphatic carbocycles. The molecule has 1 fully saturated rings. The number of furan rings is 1. The van der Waals surface area contributed by atoms with E-state index in [0.29, 0.717) is 22.6 Å². The predicted molar refractivity (Wildman–Crippen MR) is 100 cm³/mol. The second kappa shape index (κ2) is 7.33. The quantitative estimate of drug-likeness (QED) is 0.322. The molecule has 1 aromatic carbocycles. The van der Waals surface area contributed by atoms with E-state index in [1.54, 1.807) is 31.2 Å². The van der Waals surface area contributed by atoms with Crippen LogP contribution in [0.2, 0.25) is 0 Å². The number of nitrogens with zero attached hydrogens (tertiary/aromatic N) is 2. The first kappa shape index (κ1) is 18.8. The Kier molecular flexibility index (Phi) is 5.10. The van der Waals surface area contributed by atoms with Gasteiger partial charge in [0.25, 0.3) is 11.6 Å². The minimum Gasteiger partial charge on any atom is -0.548 e. The summed E-state index contributed by atoms with van der Waals surface area (Å²) in [6, 6.07) is 7.93. The summed E-state index contributed by atoms with van der Waals surface area (Å²) in [4.78, 5) is 34.6. The topological polar surface area (TPSA) is 117 Å². The summed E-state index contributed by atoms with van der Waals surface area (Å²) in [5.41, 5.74) is 1.17. The molecule has 1 amide bonds. The number of carbonyl (C=O) groups is 2. The highest BCUT2D eigenvalue weighted by molar-refractivity contribution is 8.26. The van der Waals surface area contributed by atoms with Gasteiger partial charge in [-0.15, -0.1) is 0 Å². The molecule has 138 valence electrons. The molecule has 2 aromatic rings. The Labute approximate surface area is 162 Å². The minimum atomic E-state index is -1.40. The van der Waals surface area contributed by atoms with Gasteiger partial charge >= 0.3 is 0 Å². The van der Waals surface area contributed by atoms with Gasteiger partial charge < -0.3 is 14.3 Å². The van der Waals surface area contributed by atoms with Crippen LogP contribution in [0.3, 0.4) is 0 Å². The van der Waals surface area contributed by atoms with E-state index in [2.05, 4.69) is 0 Å². The smallest absolute Gasteiger partial charge is 0.272 e. The highest BCUT2D eigenvalue weighted by Crippen LogP contribution is 2.34. The number of nitro benzene ring substituents is 1. The molecule has 8 nitrogen and oxygen atoms in total. The summed E-state index contributed by atoms with van der Waals surface area (Å²) in [6.07, 6.45) is 1.47. The Hall–Kier alpha value is -2.98.